The summed E-state index contributed by atoms with van der Waals surface area (Å²) in [5.41, 5.74) is 5.53. The van der Waals surface area contributed by atoms with Crippen LogP contribution in [0.25, 0.3) is 0 Å². The average Bonchev–Trinajstić information content (AvgIpc) is 2.16. The van der Waals surface area contributed by atoms with Gasteiger partial charge < -0.3 is 5.73 Å². The molecule has 0 aliphatic heterocycles. The first-order chi connectivity index (χ1) is 6.24. The standard InChI is InChI=1S/C11H22N2/c1-4-8-13(5-2)9-6-7-11(3)10-12/h1,11H,5-10,12H2,2-3H3. The first kappa shape index (κ1) is 12.5. The highest BCUT2D eigenvalue weighted by Gasteiger charge is 2.02. The van der Waals surface area contributed by atoms with Gasteiger partial charge in [-0.2, -0.15) is 0 Å². The van der Waals surface area contributed by atoms with Crippen molar-refractivity contribution in [1.82, 2.24) is 4.90 Å². The molecule has 2 N–H and O–H groups in total. The van der Waals surface area contributed by atoms with E-state index >= 15 is 0 Å². The number of hydrogen-bond donors (Lipinski definition) is 1. The zero-order valence-electron chi connectivity index (χ0n) is 8.92. The maximum absolute atomic E-state index is 5.53. The lowest BCUT2D eigenvalue weighted by Gasteiger charge is -2.18. The van der Waals surface area contributed by atoms with E-state index in [0.29, 0.717) is 5.92 Å². The second-order valence-corrected chi connectivity index (χ2v) is 3.56. The summed E-state index contributed by atoms with van der Waals surface area (Å²) in [4.78, 5) is 2.28. The van der Waals surface area contributed by atoms with Crippen molar-refractivity contribution in [3.8, 4) is 12.3 Å². The molecule has 0 bridgehead atoms. The van der Waals surface area contributed by atoms with E-state index in [1.54, 1.807) is 0 Å². The van der Waals surface area contributed by atoms with Gasteiger partial charge in [0.1, 0.15) is 0 Å². The molecule has 0 aliphatic carbocycles. The van der Waals surface area contributed by atoms with E-state index in [4.69, 9.17) is 12.2 Å². The van der Waals surface area contributed by atoms with Gasteiger partial charge in [-0.1, -0.05) is 19.8 Å². The molecule has 0 radical (unpaired) electrons. The number of terminal acetylenes is 1. The summed E-state index contributed by atoms with van der Waals surface area (Å²) < 4.78 is 0. The second kappa shape index (κ2) is 8.10. The topological polar surface area (TPSA) is 29.3 Å². The molecule has 0 aromatic carbocycles. The Kier molecular flexibility index (Phi) is 7.77. The minimum atomic E-state index is 0.643. The summed E-state index contributed by atoms with van der Waals surface area (Å²) in [6.45, 7) is 8.04. The molecule has 0 heterocycles. The van der Waals surface area contributed by atoms with Crippen molar-refractivity contribution in [2.75, 3.05) is 26.2 Å². The van der Waals surface area contributed by atoms with Crippen molar-refractivity contribution < 1.29 is 0 Å². The molecule has 0 aromatic heterocycles. The lowest BCUT2D eigenvalue weighted by Crippen LogP contribution is -2.25. The van der Waals surface area contributed by atoms with Crippen LogP contribution in [0.3, 0.4) is 0 Å². The molecular weight excluding hydrogens is 160 g/mol. The van der Waals surface area contributed by atoms with Gasteiger partial charge >= 0.3 is 0 Å². The second-order valence-electron chi connectivity index (χ2n) is 3.56. The molecule has 2 heteroatoms. The Morgan fingerprint density at radius 1 is 1.54 bits per heavy atom. The van der Waals surface area contributed by atoms with E-state index in [1.807, 2.05) is 0 Å². The number of nitrogens with two attached hydrogens (primary N) is 1. The Labute approximate surface area is 82.5 Å². The van der Waals surface area contributed by atoms with Crippen molar-refractivity contribution in [2.45, 2.75) is 26.7 Å². The number of rotatable bonds is 7. The fourth-order valence-corrected chi connectivity index (χ4v) is 1.26. The maximum Gasteiger partial charge on any atom is 0.0598 e. The monoisotopic (exact) mass is 182 g/mol. The molecule has 0 fully saturated rings. The van der Waals surface area contributed by atoms with Gasteiger partial charge in [-0.15, -0.1) is 6.42 Å². The normalized spacial score (nSPS) is 12.8. The van der Waals surface area contributed by atoms with Crippen molar-refractivity contribution >= 4 is 0 Å². The van der Waals surface area contributed by atoms with Crippen LogP contribution < -0.4 is 5.73 Å². The van der Waals surface area contributed by atoms with Gasteiger partial charge in [0.25, 0.3) is 0 Å². The van der Waals surface area contributed by atoms with Crippen LogP contribution in [-0.4, -0.2) is 31.1 Å². The smallest absolute Gasteiger partial charge is 0.0598 e. The predicted octanol–water partition coefficient (Wildman–Crippen LogP) is 1.32. The summed E-state index contributed by atoms with van der Waals surface area (Å²) in [5, 5.41) is 0. The first-order valence-electron chi connectivity index (χ1n) is 5.10. The molecule has 0 amide bonds. The maximum atomic E-state index is 5.53. The Hall–Kier alpha value is -0.520. The zero-order chi connectivity index (χ0) is 10.1. The highest BCUT2D eigenvalue weighted by atomic mass is 15.1. The molecule has 1 unspecified atom stereocenters. The van der Waals surface area contributed by atoms with Crippen molar-refractivity contribution in [3.63, 3.8) is 0 Å². The van der Waals surface area contributed by atoms with Crippen molar-refractivity contribution in [3.05, 3.63) is 0 Å². The number of hydrogen-bond acceptors (Lipinski definition) is 2. The minimum Gasteiger partial charge on any atom is -0.330 e. The van der Waals surface area contributed by atoms with Crippen molar-refractivity contribution in [2.24, 2.45) is 11.7 Å². The van der Waals surface area contributed by atoms with Crippen LogP contribution in [0.5, 0.6) is 0 Å². The van der Waals surface area contributed by atoms with Crippen molar-refractivity contribution in [1.29, 1.82) is 0 Å². The van der Waals surface area contributed by atoms with Gasteiger partial charge in [-0.25, -0.2) is 0 Å². The molecule has 0 saturated heterocycles. The third kappa shape index (κ3) is 6.62. The van der Waals surface area contributed by atoms with E-state index in [-0.39, 0.29) is 0 Å². The Bertz CT molecular complexity index is 149. The third-order valence-electron chi connectivity index (χ3n) is 2.34. The molecule has 0 saturated carbocycles. The van der Waals surface area contributed by atoms with Gasteiger partial charge in [0.2, 0.25) is 0 Å². The SMILES string of the molecule is C#CCN(CC)CCCC(C)CN. The summed E-state index contributed by atoms with van der Waals surface area (Å²) in [6, 6.07) is 0. The summed E-state index contributed by atoms with van der Waals surface area (Å²) in [5.74, 6) is 3.32. The molecule has 0 aliphatic rings. The molecule has 76 valence electrons. The van der Waals surface area contributed by atoms with Gasteiger partial charge in [-0.05, 0) is 38.4 Å². The molecule has 0 rings (SSSR count). The fraction of sp³-hybridized carbons (Fsp3) is 0.818. The largest absolute Gasteiger partial charge is 0.330 e. The lowest BCUT2D eigenvalue weighted by atomic mass is 10.1. The summed E-state index contributed by atoms with van der Waals surface area (Å²) in [6.07, 6.45) is 7.66. The molecule has 0 aromatic rings. The Balaban J connectivity index is 3.44. The Morgan fingerprint density at radius 3 is 2.69 bits per heavy atom. The van der Waals surface area contributed by atoms with Gasteiger partial charge in [-0.3, -0.25) is 4.90 Å². The quantitative estimate of drug-likeness (QED) is 0.602. The van der Waals surface area contributed by atoms with Gasteiger partial charge in [0.15, 0.2) is 0 Å². The van der Waals surface area contributed by atoms with E-state index in [2.05, 4.69) is 24.7 Å². The third-order valence-corrected chi connectivity index (χ3v) is 2.34. The van der Waals surface area contributed by atoms with E-state index in [0.717, 1.165) is 26.2 Å². The molecule has 13 heavy (non-hydrogen) atoms. The zero-order valence-corrected chi connectivity index (χ0v) is 8.92. The Morgan fingerprint density at radius 2 is 2.23 bits per heavy atom. The van der Waals surface area contributed by atoms with E-state index in [9.17, 15) is 0 Å². The number of nitrogens with zero attached hydrogens (tertiary/aromatic N) is 1. The molecular formula is C11H22N2. The molecule has 0 spiro atoms. The average molecular weight is 182 g/mol. The van der Waals surface area contributed by atoms with Crippen LogP contribution in [0.4, 0.5) is 0 Å². The van der Waals surface area contributed by atoms with Crippen LogP contribution in [-0.2, 0) is 0 Å². The highest BCUT2D eigenvalue weighted by molar-refractivity contribution is 4.87. The van der Waals surface area contributed by atoms with Crippen LogP contribution in [0.15, 0.2) is 0 Å². The summed E-state index contributed by atoms with van der Waals surface area (Å²) >= 11 is 0. The van der Waals surface area contributed by atoms with Crippen LogP contribution in [0, 0.1) is 18.3 Å². The summed E-state index contributed by atoms with van der Waals surface area (Å²) in [7, 11) is 0. The van der Waals surface area contributed by atoms with Crippen LogP contribution in [0.1, 0.15) is 26.7 Å². The van der Waals surface area contributed by atoms with E-state index < -0.39 is 0 Å². The first-order valence-corrected chi connectivity index (χ1v) is 5.10. The highest BCUT2D eigenvalue weighted by Crippen LogP contribution is 2.04. The molecule has 2 nitrogen and oxygen atoms in total. The minimum absolute atomic E-state index is 0.643. The predicted molar refractivity (Wildman–Crippen MR) is 58.4 cm³/mol. The lowest BCUT2D eigenvalue weighted by molar-refractivity contribution is 0.306. The van der Waals surface area contributed by atoms with Crippen LogP contribution >= 0.6 is 0 Å². The van der Waals surface area contributed by atoms with E-state index in [1.165, 1.54) is 12.8 Å². The van der Waals surface area contributed by atoms with Gasteiger partial charge in [0, 0.05) is 0 Å². The molecule has 1 atom stereocenters. The van der Waals surface area contributed by atoms with Crippen LogP contribution in [0.2, 0.25) is 0 Å². The fourth-order valence-electron chi connectivity index (χ4n) is 1.26. The van der Waals surface area contributed by atoms with Gasteiger partial charge in [0.05, 0.1) is 6.54 Å².